The SMILES string of the molecule is O=C1C=CC2=C(c3ccccc3C(=O)O)c3ccc(O)cc3OC2C1. The van der Waals surface area contributed by atoms with E-state index in [1.165, 1.54) is 18.2 Å². The molecular formula is C20H14O5. The highest BCUT2D eigenvalue weighted by atomic mass is 16.5. The van der Waals surface area contributed by atoms with Gasteiger partial charge in [0, 0.05) is 22.8 Å². The topological polar surface area (TPSA) is 83.8 Å². The summed E-state index contributed by atoms with van der Waals surface area (Å²) in [5, 5.41) is 19.3. The predicted octanol–water partition coefficient (Wildman–Crippen LogP) is 3.18. The molecule has 1 heterocycles. The van der Waals surface area contributed by atoms with Crippen LogP contribution in [-0.4, -0.2) is 28.1 Å². The second-order valence-electron chi connectivity index (χ2n) is 5.97. The first-order valence-electron chi connectivity index (χ1n) is 7.82. The molecule has 0 amide bonds. The second-order valence-corrected chi connectivity index (χ2v) is 5.97. The molecule has 124 valence electrons. The van der Waals surface area contributed by atoms with E-state index in [-0.39, 0.29) is 23.5 Å². The predicted molar refractivity (Wildman–Crippen MR) is 90.7 cm³/mol. The van der Waals surface area contributed by atoms with Crippen molar-refractivity contribution in [2.24, 2.45) is 0 Å². The van der Waals surface area contributed by atoms with Crippen LogP contribution in [0.5, 0.6) is 11.5 Å². The average molecular weight is 334 g/mol. The number of allylic oxidation sites excluding steroid dienone is 1. The molecule has 2 N–H and O–H groups in total. The minimum atomic E-state index is -1.03. The monoisotopic (exact) mass is 334 g/mol. The van der Waals surface area contributed by atoms with Crippen molar-refractivity contribution in [2.75, 3.05) is 0 Å². The van der Waals surface area contributed by atoms with Crippen LogP contribution in [0.1, 0.15) is 27.9 Å². The summed E-state index contributed by atoms with van der Waals surface area (Å²) in [6.07, 6.45) is 2.87. The third-order valence-corrected chi connectivity index (χ3v) is 4.40. The van der Waals surface area contributed by atoms with Gasteiger partial charge in [-0.1, -0.05) is 24.3 Å². The normalized spacial score (nSPS) is 18.4. The van der Waals surface area contributed by atoms with Gasteiger partial charge in [0.1, 0.15) is 17.6 Å². The first kappa shape index (κ1) is 15.2. The molecule has 0 saturated heterocycles. The van der Waals surface area contributed by atoms with Crippen LogP contribution in [0.3, 0.4) is 0 Å². The summed E-state index contributed by atoms with van der Waals surface area (Å²) >= 11 is 0. The number of carboxylic acids is 1. The first-order valence-corrected chi connectivity index (χ1v) is 7.82. The molecule has 5 nitrogen and oxygen atoms in total. The Labute approximate surface area is 143 Å². The minimum absolute atomic E-state index is 0.0470. The number of ketones is 1. The Morgan fingerprint density at radius 3 is 2.68 bits per heavy atom. The molecule has 1 aliphatic heterocycles. The van der Waals surface area contributed by atoms with Crippen LogP contribution in [0.2, 0.25) is 0 Å². The quantitative estimate of drug-likeness (QED) is 0.881. The van der Waals surface area contributed by atoms with Gasteiger partial charge < -0.3 is 14.9 Å². The van der Waals surface area contributed by atoms with Gasteiger partial charge in [0.2, 0.25) is 0 Å². The highest BCUT2D eigenvalue weighted by molar-refractivity contribution is 6.01. The van der Waals surface area contributed by atoms with E-state index in [0.29, 0.717) is 22.4 Å². The molecule has 2 aromatic rings. The molecule has 2 aromatic carbocycles. The van der Waals surface area contributed by atoms with Gasteiger partial charge in [0.25, 0.3) is 0 Å². The van der Waals surface area contributed by atoms with Crippen molar-refractivity contribution >= 4 is 17.3 Å². The smallest absolute Gasteiger partial charge is 0.336 e. The Morgan fingerprint density at radius 2 is 1.88 bits per heavy atom. The van der Waals surface area contributed by atoms with Crippen LogP contribution in [-0.2, 0) is 4.79 Å². The van der Waals surface area contributed by atoms with E-state index >= 15 is 0 Å². The fourth-order valence-corrected chi connectivity index (χ4v) is 3.31. The number of carbonyl (C=O) groups excluding carboxylic acids is 1. The number of ether oxygens (including phenoxy) is 1. The molecule has 2 aliphatic rings. The average Bonchev–Trinajstić information content (AvgIpc) is 2.59. The van der Waals surface area contributed by atoms with Crippen molar-refractivity contribution in [3.8, 4) is 11.5 Å². The van der Waals surface area contributed by atoms with E-state index in [4.69, 9.17) is 4.74 Å². The Hall–Kier alpha value is -3.34. The minimum Gasteiger partial charge on any atom is -0.508 e. The van der Waals surface area contributed by atoms with Gasteiger partial charge in [0.05, 0.1) is 12.0 Å². The fraction of sp³-hybridized carbons (Fsp3) is 0.100. The van der Waals surface area contributed by atoms with Crippen molar-refractivity contribution in [1.29, 1.82) is 0 Å². The van der Waals surface area contributed by atoms with E-state index in [1.54, 1.807) is 36.4 Å². The van der Waals surface area contributed by atoms with Crippen molar-refractivity contribution in [2.45, 2.75) is 12.5 Å². The zero-order chi connectivity index (χ0) is 17.6. The third kappa shape index (κ3) is 2.50. The Bertz CT molecular complexity index is 968. The maximum atomic E-state index is 11.8. The Kier molecular flexibility index (Phi) is 3.42. The number of aromatic carboxylic acids is 1. The molecule has 0 radical (unpaired) electrons. The summed E-state index contributed by atoms with van der Waals surface area (Å²) in [5.74, 6) is -0.594. The number of phenols is 1. The van der Waals surface area contributed by atoms with Crippen molar-refractivity contribution in [1.82, 2.24) is 0 Å². The number of fused-ring (bicyclic) bond motifs is 2. The van der Waals surface area contributed by atoms with Crippen LogP contribution in [0.4, 0.5) is 0 Å². The molecule has 0 fully saturated rings. The van der Waals surface area contributed by atoms with Crippen LogP contribution in [0.15, 0.2) is 60.2 Å². The number of hydrogen-bond acceptors (Lipinski definition) is 4. The van der Waals surface area contributed by atoms with Gasteiger partial charge in [-0.3, -0.25) is 4.79 Å². The summed E-state index contributed by atoms with van der Waals surface area (Å²) in [6.45, 7) is 0. The van der Waals surface area contributed by atoms with Crippen LogP contribution in [0, 0.1) is 0 Å². The molecule has 0 aromatic heterocycles. The summed E-state index contributed by atoms with van der Waals surface area (Å²) in [7, 11) is 0. The number of benzene rings is 2. The molecule has 25 heavy (non-hydrogen) atoms. The zero-order valence-corrected chi connectivity index (χ0v) is 13.1. The van der Waals surface area contributed by atoms with Crippen molar-refractivity contribution in [3.05, 3.63) is 76.9 Å². The van der Waals surface area contributed by atoms with Gasteiger partial charge in [-0.15, -0.1) is 0 Å². The van der Waals surface area contributed by atoms with E-state index < -0.39 is 12.1 Å². The lowest BCUT2D eigenvalue weighted by Crippen LogP contribution is -2.29. The number of phenolic OH excluding ortho intramolecular Hbond substituents is 1. The molecule has 0 bridgehead atoms. The largest absolute Gasteiger partial charge is 0.508 e. The summed E-state index contributed by atoms with van der Waals surface area (Å²) in [5.41, 5.74) is 2.91. The van der Waals surface area contributed by atoms with Gasteiger partial charge >= 0.3 is 5.97 Å². The van der Waals surface area contributed by atoms with E-state index in [9.17, 15) is 19.8 Å². The van der Waals surface area contributed by atoms with Crippen LogP contribution < -0.4 is 4.74 Å². The maximum absolute atomic E-state index is 11.8. The van der Waals surface area contributed by atoms with E-state index in [2.05, 4.69) is 0 Å². The van der Waals surface area contributed by atoms with Crippen molar-refractivity contribution in [3.63, 3.8) is 0 Å². The molecule has 1 atom stereocenters. The third-order valence-electron chi connectivity index (χ3n) is 4.40. The lowest BCUT2D eigenvalue weighted by Gasteiger charge is -2.32. The molecular weight excluding hydrogens is 320 g/mol. The molecule has 0 saturated carbocycles. The van der Waals surface area contributed by atoms with Crippen LogP contribution >= 0.6 is 0 Å². The fourth-order valence-electron chi connectivity index (χ4n) is 3.31. The summed E-state index contributed by atoms with van der Waals surface area (Å²) in [4.78, 5) is 23.5. The van der Waals surface area contributed by atoms with E-state index in [1.807, 2.05) is 0 Å². The lowest BCUT2D eigenvalue weighted by atomic mass is 9.82. The highest BCUT2D eigenvalue weighted by Gasteiger charge is 2.33. The van der Waals surface area contributed by atoms with Crippen molar-refractivity contribution < 1.29 is 24.5 Å². The number of carboxylic acid groups (broad SMARTS) is 1. The number of aromatic hydroxyl groups is 1. The molecule has 1 aliphatic carbocycles. The molecule has 5 heteroatoms. The second kappa shape index (κ2) is 5.63. The Balaban J connectivity index is 2.04. The maximum Gasteiger partial charge on any atom is 0.336 e. The molecule has 4 rings (SSSR count). The summed E-state index contributed by atoms with van der Waals surface area (Å²) in [6, 6.07) is 11.5. The van der Waals surface area contributed by atoms with Gasteiger partial charge in [-0.2, -0.15) is 0 Å². The first-order chi connectivity index (χ1) is 12.0. The Morgan fingerprint density at radius 1 is 1.08 bits per heavy atom. The number of hydrogen-bond donors (Lipinski definition) is 2. The molecule has 0 spiro atoms. The van der Waals surface area contributed by atoms with E-state index in [0.717, 1.165) is 5.57 Å². The number of carbonyl (C=O) groups is 2. The van der Waals surface area contributed by atoms with Crippen LogP contribution in [0.25, 0.3) is 5.57 Å². The summed E-state index contributed by atoms with van der Waals surface area (Å²) < 4.78 is 5.90. The van der Waals surface area contributed by atoms with Gasteiger partial charge in [0.15, 0.2) is 5.78 Å². The lowest BCUT2D eigenvalue weighted by molar-refractivity contribution is -0.116. The molecule has 1 unspecified atom stereocenters. The van der Waals surface area contributed by atoms with Gasteiger partial charge in [-0.05, 0) is 29.8 Å². The zero-order valence-electron chi connectivity index (χ0n) is 13.1. The standard InChI is InChI=1S/C20H14O5/c21-11-5-7-15-17(9-11)25-18-10-12(22)6-8-16(18)19(15)13-3-1-2-4-14(13)20(23)24/h1-9,18,21H,10H2,(H,23,24). The number of rotatable bonds is 2. The highest BCUT2D eigenvalue weighted by Crippen LogP contribution is 2.44. The van der Waals surface area contributed by atoms with Gasteiger partial charge in [-0.25, -0.2) is 4.79 Å².